The van der Waals surface area contributed by atoms with Crippen LogP contribution in [-0.4, -0.2) is 24.8 Å². The van der Waals surface area contributed by atoms with Gasteiger partial charge in [-0.2, -0.15) is 0 Å². The van der Waals surface area contributed by atoms with Crippen molar-refractivity contribution in [3.05, 3.63) is 23.8 Å². The van der Waals surface area contributed by atoms with E-state index in [1.54, 1.807) is 0 Å². The molecule has 0 amide bonds. The molecule has 0 aromatic heterocycles. The molecule has 2 spiro atoms. The first-order valence-electron chi connectivity index (χ1n) is 6.11. The Kier molecular flexibility index (Phi) is 2.42. The fraction of sp³-hybridized carbons (Fsp3) is 0.692. The number of ether oxygens (including phenoxy) is 3. The summed E-state index contributed by atoms with van der Waals surface area (Å²) in [6.45, 7) is 3.56. The zero-order chi connectivity index (χ0) is 11.1. The molecule has 2 atom stereocenters. The lowest BCUT2D eigenvalue weighted by molar-refractivity contribution is -0.305. The third kappa shape index (κ3) is 1.54. The van der Waals surface area contributed by atoms with Crippen LogP contribution in [0.15, 0.2) is 23.8 Å². The summed E-state index contributed by atoms with van der Waals surface area (Å²) in [4.78, 5) is 0. The predicted octanol–water partition coefficient (Wildman–Crippen LogP) is 2.53. The Bertz CT molecular complexity index is 339. The standard InChI is InChI=1S/C13H18O3/c1-11-5-4-10-15-13(11)8-7-12(16-13)6-2-3-9-14-12/h5,7-8H,2-4,6,9-10H2,1H3/t12?,13-/m1/s1. The van der Waals surface area contributed by atoms with E-state index in [1.807, 2.05) is 12.2 Å². The maximum absolute atomic E-state index is 6.11. The Balaban J connectivity index is 1.84. The average Bonchev–Trinajstić information content (AvgIpc) is 2.65. The molecule has 0 aliphatic carbocycles. The van der Waals surface area contributed by atoms with E-state index in [2.05, 4.69) is 13.0 Å². The Morgan fingerprint density at radius 3 is 2.81 bits per heavy atom. The van der Waals surface area contributed by atoms with Gasteiger partial charge in [-0.3, -0.25) is 0 Å². The fourth-order valence-corrected chi connectivity index (χ4v) is 2.60. The van der Waals surface area contributed by atoms with Gasteiger partial charge >= 0.3 is 0 Å². The normalized spacial score (nSPS) is 42.9. The Morgan fingerprint density at radius 1 is 1.12 bits per heavy atom. The van der Waals surface area contributed by atoms with Gasteiger partial charge in [0.15, 0.2) is 5.79 Å². The lowest BCUT2D eigenvalue weighted by atomic mass is 10.0. The lowest BCUT2D eigenvalue weighted by Crippen LogP contribution is -2.44. The molecule has 1 fully saturated rings. The molecule has 0 N–H and O–H groups in total. The van der Waals surface area contributed by atoms with Crippen molar-refractivity contribution in [1.82, 2.24) is 0 Å². The highest BCUT2D eigenvalue weighted by molar-refractivity contribution is 5.27. The summed E-state index contributed by atoms with van der Waals surface area (Å²) in [5, 5.41) is 0. The highest BCUT2D eigenvalue weighted by Crippen LogP contribution is 2.43. The van der Waals surface area contributed by atoms with E-state index in [-0.39, 0.29) is 0 Å². The van der Waals surface area contributed by atoms with Crippen molar-refractivity contribution in [1.29, 1.82) is 0 Å². The quantitative estimate of drug-likeness (QED) is 0.589. The van der Waals surface area contributed by atoms with Gasteiger partial charge in [-0.05, 0) is 43.9 Å². The van der Waals surface area contributed by atoms with Gasteiger partial charge in [-0.25, -0.2) is 0 Å². The summed E-state index contributed by atoms with van der Waals surface area (Å²) < 4.78 is 17.7. The summed E-state index contributed by atoms with van der Waals surface area (Å²) in [6, 6.07) is 0. The van der Waals surface area contributed by atoms with Crippen LogP contribution in [0.3, 0.4) is 0 Å². The SMILES string of the molecule is CC1=CCCO[C@@]12C=CC1(CCCCO1)O2. The van der Waals surface area contributed by atoms with Crippen LogP contribution >= 0.6 is 0 Å². The molecule has 0 bridgehead atoms. The highest BCUT2D eigenvalue weighted by Gasteiger charge is 2.48. The lowest BCUT2D eigenvalue weighted by Gasteiger charge is -2.39. The minimum absolute atomic E-state index is 0.523. The Morgan fingerprint density at radius 2 is 2.06 bits per heavy atom. The average molecular weight is 222 g/mol. The van der Waals surface area contributed by atoms with E-state index in [0.29, 0.717) is 0 Å². The zero-order valence-electron chi connectivity index (χ0n) is 9.70. The molecule has 0 radical (unpaired) electrons. The molecule has 3 heteroatoms. The first-order chi connectivity index (χ1) is 7.75. The van der Waals surface area contributed by atoms with E-state index in [1.165, 1.54) is 0 Å². The van der Waals surface area contributed by atoms with Gasteiger partial charge < -0.3 is 14.2 Å². The molecule has 3 aliphatic heterocycles. The predicted molar refractivity (Wildman–Crippen MR) is 59.8 cm³/mol. The molecule has 88 valence electrons. The van der Waals surface area contributed by atoms with Crippen LogP contribution in [-0.2, 0) is 14.2 Å². The maximum atomic E-state index is 6.11. The van der Waals surface area contributed by atoms with Crippen molar-refractivity contribution >= 4 is 0 Å². The van der Waals surface area contributed by atoms with Crippen molar-refractivity contribution < 1.29 is 14.2 Å². The molecule has 0 aromatic rings. The van der Waals surface area contributed by atoms with Gasteiger partial charge in [-0.15, -0.1) is 0 Å². The molecule has 16 heavy (non-hydrogen) atoms. The zero-order valence-corrected chi connectivity index (χ0v) is 9.70. The van der Waals surface area contributed by atoms with Crippen molar-refractivity contribution in [3.63, 3.8) is 0 Å². The van der Waals surface area contributed by atoms with Gasteiger partial charge in [0, 0.05) is 6.42 Å². The third-order valence-electron chi connectivity index (χ3n) is 3.58. The van der Waals surface area contributed by atoms with Crippen molar-refractivity contribution in [2.45, 2.75) is 44.2 Å². The molecular formula is C13H18O3. The molecular weight excluding hydrogens is 204 g/mol. The number of hydrogen-bond donors (Lipinski definition) is 0. The molecule has 3 heterocycles. The Labute approximate surface area is 96.1 Å². The number of hydrogen-bond acceptors (Lipinski definition) is 3. The third-order valence-corrected chi connectivity index (χ3v) is 3.58. The van der Waals surface area contributed by atoms with Gasteiger partial charge in [-0.1, -0.05) is 6.08 Å². The largest absolute Gasteiger partial charge is 0.346 e. The molecule has 0 aromatic carbocycles. The van der Waals surface area contributed by atoms with Crippen LogP contribution in [0.2, 0.25) is 0 Å². The highest BCUT2D eigenvalue weighted by atomic mass is 16.8. The minimum Gasteiger partial charge on any atom is -0.346 e. The van der Waals surface area contributed by atoms with Crippen LogP contribution in [0.1, 0.15) is 32.6 Å². The fourth-order valence-electron chi connectivity index (χ4n) is 2.60. The maximum Gasteiger partial charge on any atom is 0.214 e. The van der Waals surface area contributed by atoms with Crippen molar-refractivity contribution in [2.24, 2.45) is 0 Å². The van der Waals surface area contributed by atoms with Crippen LogP contribution in [0, 0.1) is 0 Å². The van der Waals surface area contributed by atoms with E-state index in [0.717, 1.165) is 44.5 Å². The summed E-state index contributed by atoms with van der Waals surface area (Å²) in [7, 11) is 0. The van der Waals surface area contributed by atoms with Crippen LogP contribution in [0.25, 0.3) is 0 Å². The van der Waals surface area contributed by atoms with Gasteiger partial charge in [0.2, 0.25) is 5.79 Å². The molecule has 3 aliphatic rings. The van der Waals surface area contributed by atoms with Crippen LogP contribution in [0.5, 0.6) is 0 Å². The molecule has 1 unspecified atom stereocenters. The van der Waals surface area contributed by atoms with E-state index in [4.69, 9.17) is 14.2 Å². The number of rotatable bonds is 0. The summed E-state index contributed by atoms with van der Waals surface area (Å²) >= 11 is 0. The molecule has 0 saturated carbocycles. The molecule has 3 rings (SSSR count). The smallest absolute Gasteiger partial charge is 0.214 e. The van der Waals surface area contributed by atoms with Crippen molar-refractivity contribution in [3.8, 4) is 0 Å². The minimum atomic E-state index is -0.643. The summed E-state index contributed by atoms with van der Waals surface area (Å²) in [5.41, 5.74) is 1.14. The van der Waals surface area contributed by atoms with E-state index >= 15 is 0 Å². The van der Waals surface area contributed by atoms with Crippen molar-refractivity contribution in [2.75, 3.05) is 13.2 Å². The van der Waals surface area contributed by atoms with Gasteiger partial charge in [0.25, 0.3) is 0 Å². The second-order valence-electron chi connectivity index (χ2n) is 4.74. The second kappa shape index (κ2) is 3.69. The van der Waals surface area contributed by atoms with Gasteiger partial charge in [0.1, 0.15) is 0 Å². The molecule has 1 saturated heterocycles. The van der Waals surface area contributed by atoms with Crippen LogP contribution < -0.4 is 0 Å². The summed E-state index contributed by atoms with van der Waals surface area (Å²) in [6.07, 6.45) is 10.4. The first kappa shape index (κ1) is 10.5. The van der Waals surface area contributed by atoms with E-state index < -0.39 is 11.6 Å². The van der Waals surface area contributed by atoms with Gasteiger partial charge in [0.05, 0.1) is 13.2 Å². The summed E-state index contributed by atoms with van der Waals surface area (Å²) in [5.74, 6) is -1.17. The monoisotopic (exact) mass is 222 g/mol. The molecule has 3 nitrogen and oxygen atoms in total. The Hall–Kier alpha value is -0.640. The second-order valence-corrected chi connectivity index (χ2v) is 4.74. The first-order valence-corrected chi connectivity index (χ1v) is 6.11. The van der Waals surface area contributed by atoms with Crippen LogP contribution in [0.4, 0.5) is 0 Å². The topological polar surface area (TPSA) is 27.7 Å². The van der Waals surface area contributed by atoms with E-state index in [9.17, 15) is 0 Å².